The lowest BCUT2D eigenvalue weighted by Gasteiger charge is -2.34. The van der Waals surface area contributed by atoms with Crippen LogP contribution in [0, 0.1) is 11.6 Å². The number of aromatic hydroxyl groups is 1. The van der Waals surface area contributed by atoms with Crippen LogP contribution in [0.1, 0.15) is 5.56 Å². The molecular weight excluding hydrogens is 513 g/mol. The van der Waals surface area contributed by atoms with E-state index in [1.165, 1.54) is 17.9 Å². The Bertz CT molecular complexity index is 1520. The molecule has 38 heavy (non-hydrogen) atoms. The van der Waals surface area contributed by atoms with E-state index in [-0.39, 0.29) is 34.8 Å². The molecule has 0 radical (unpaired) electrons. The number of alkyl halides is 3. The second-order valence-electron chi connectivity index (χ2n) is 8.60. The number of aromatic nitrogens is 4. The molecule has 1 aliphatic heterocycles. The number of carbonyl (C=O) groups is 1. The van der Waals surface area contributed by atoms with Crippen molar-refractivity contribution in [3.05, 3.63) is 59.8 Å². The third-order valence-electron chi connectivity index (χ3n) is 6.18. The highest BCUT2D eigenvalue weighted by Gasteiger charge is 2.38. The van der Waals surface area contributed by atoms with E-state index in [2.05, 4.69) is 20.4 Å². The summed E-state index contributed by atoms with van der Waals surface area (Å²) in [5, 5.41) is 16.7. The van der Waals surface area contributed by atoms with Crippen LogP contribution < -0.4 is 10.2 Å². The maximum absolute atomic E-state index is 14.7. The highest BCUT2D eigenvalue weighted by Crippen LogP contribution is 2.41. The van der Waals surface area contributed by atoms with Crippen molar-refractivity contribution in [2.24, 2.45) is 7.05 Å². The molecule has 0 saturated carbocycles. The molecule has 2 N–H and O–H groups in total. The number of rotatable bonds is 3. The largest absolute Gasteiger partial charge is 0.503 e. The summed E-state index contributed by atoms with van der Waals surface area (Å²) in [6, 6.07) is 9.05. The molecule has 2 amide bonds. The number of aryl methyl sites for hydroxylation is 1. The molecule has 2 aromatic heterocycles. The van der Waals surface area contributed by atoms with Gasteiger partial charge in [-0.05, 0) is 18.2 Å². The van der Waals surface area contributed by atoms with Gasteiger partial charge in [0.15, 0.2) is 23.0 Å². The van der Waals surface area contributed by atoms with Gasteiger partial charge in [0.05, 0.1) is 10.9 Å². The lowest BCUT2D eigenvalue weighted by atomic mass is 10.0. The van der Waals surface area contributed by atoms with E-state index in [1.54, 1.807) is 17.0 Å². The number of hydrogen-bond acceptors (Lipinski definition) is 6. The summed E-state index contributed by atoms with van der Waals surface area (Å²) in [6.07, 6.45) is -3.89. The highest BCUT2D eigenvalue weighted by molar-refractivity contribution is 5.92. The molecule has 1 fully saturated rings. The lowest BCUT2D eigenvalue weighted by Crippen LogP contribution is -2.50. The Balaban J connectivity index is 1.39. The zero-order chi connectivity index (χ0) is 27.2. The van der Waals surface area contributed by atoms with Gasteiger partial charge in [0.1, 0.15) is 5.69 Å². The third-order valence-corrected chi connectivity index (χ3v) is 6.18. The van der Waals surface area contributed by atoms with Crippen LogP contribution in [0.4, 0.5) is 38.4 Å². The predicted octanol–water partition coefficient (Wildman–Crippen LogP) is 4.39. The number of phenolic OH excluding ortho intramolecular Hbond substituents is 1. The summed E-state index contributed by atoms with van der Waals surface area (Å²) in [7, 11) is 1.46. The van der Waals surface area contributed by atoms with Gasteiger partial charge < -0.3 is 20.2 Å². The van der Waals surface area contributed by atoms with Crippen molar-refractivity contribution >= 4 is 28.7 Å². The van der Waals surface area contributed by atoms with E-state index in [4.69, 9.17) is 0 Å². The number of carbonyl (C=O) groups excluding carboxylic acids is 1. The van der Waals surface area contributed by atoms with E-state index in [1.807, 2.05) is 23.1 Å². The molecule has 198 valence electrons. The van der Waals surface area contributed by atoms with Gasteiger partial charge in [-0.15, -0.1) is 0 Å². The van der Waals surface area contributed by atoms with E-state index in [0.717, 1.165) is 0 Å². The number of hydrogen-bond donors (Lipinski definition) is 2. The molecule has 1 saturated heterocycles. The fourth-order valence-electron chi connectivity index (χ4n) is 4.21. The number of halogens is 5. The summed E-state index contributed by atoms with van der Waals surface area (Å²) >= 11 is 0. The Kier molecular flexibility index (Phi) is 6.25. The van der Waals surface area contributed by atoms with E-state index < -0.39 is 34.7 Å². The number of nitrogens with one attached hydrogen (secondary N) is 1. The van der Waals surface area contributed by atoms with Gasteiger partial charge in [-0.2, -0.15) is 23.3 Å². The zero-order valence-electron chi connectivity index (χ0n) is 19.8. The van der Waals surface area contributed by atoms with Gasteiger partial charge >= 0.3 is 12.2 Å². The fraction of sp³-hybridized carbons (Fsp3) is 0.250. The van der Waals surface area contributed by atoms with Crippen LogP contribution in [-0.2, 0) is 13.2 Å². The van der Waals surface area contributed by atoms with E-state index in [9.17, 15) is 31.9 Å². The molecule has 4 aromatic rings. The van der Waals surface area contributed by atoms with Crippen molar-refractivity contribution < 1.29 is 31.9 Å². The number of amides is 2. The number of urea groups is 1. The molecule has 0 unspecified atom stereocenters. The number of fused-ring (bicyclic) bond motifs is 1. The average Bonchev–Trinajstić information content (AvgIpc) is 3.22. The van der Waals surface area contributed by atoms with Gasteiger partial charge in [0, 0.05) is 50.7 Å². The number of para-hydroxylation sites is 1. The van der Waals surface area contributed by atoms with Crippen LogP contribution in [-0.4, -0.2) is 62.0 Å². The molecule has 14 heteroatoms. The second-order valence-corrected chi connectivity index (χ2v) is 8.60. The Labute approximate surface area is 212 Å². The highest BCUT2D eigenvalue weighted by atomic mass is 19.4. The summed E-state index contributed by atoms with van der Waals surface area (Å²) in [5.41, 5.74) is -1.98. The van der Waals surface area contributed by atoms with Crippen LogP contribution in [0.2, 0.25) is 0 Å². The van der Waals surface area contributed by atoms with Gasteiger partial charge in [-0.25, -0.2) is 23.2 Å². The molecule has 9 nitrogen and oxygen atoms in total. The summed E-state index contributed by atoms with van der Waals surface area (Å²) in [6.45, 7) is 1.59. The van der Waals surface area contributed by atoms with Gasteiger partial charge in [-0.1, -0.05) is 18.2 Å². The van der Waals surface area contributed by atoms with E-state index in [0.29, 0.717) is 31.9 Å². The Hall–Kier alpha value is -4.49. The lowest BCUT2D eigenvalue weighted by molar-refractivity contribution is -0.140. The average molecular weight is 533 g/mol. The predicted molar refractivity (Wildman–Crippen MR) is 128 cm³/mol. The van der Waals surface area contributed by atoms with Crippen molar-refractivity contribution in [2.45, 2.75) is 6.18 Å². The molecule has 5 rings (SSSR count). The summed E-state index contributed by atoms with van der Waals surface area (Å²) in [5.74, 6) is -5.15. The van der Waals surface area contributed by atoms with Crippen molar-refractivity contribution in [2.75, 3.05) is 36.4 Å². The number of anilines is 2. The first-order valence-corrected chi connectivity index (χ1v) is 11.4. The molecule has 0 atom stereocenters. The topological polar surface area (TPSA) is 99.4 Å². The van der Waals surface area contributed by atoms with Gasteiger partial charge in [-0.3, -0.25) is 0 Å². The molecule has 0 bridgehead atoms. The fourth-order valence-corrected chi connectivity index (χ4v) is 4.21. The number of piperazine rings is 1. The van der Waals surface area contributed by atoms with Crippen molar-refractivity contribution in [3.8, 4) is 17.0 Å². The maximum atomic E-state index is 14.7. The summed E-state index contributed by atoms with van der Waals surface area (Å²) in [4.78, 5) is 24.7. The molecule has 0 aliphatic carbocycles. The van der Waals surface area contributed by atoms with Crippen molar-refractivity contribution in [1.82, 2.24) is 24.6 Å². The van der Waals surface area contributed by atoms with Crippen molar-refractivity contribution in [3.63, 3.8) is 0 Å². The Morgan fingerprint density at radius 2 is 1.74 bits per heavy atom. The summed E-state index contributed by atoms with van der Waals surface area (Å²) < 4.78 is 69.6. The normalized spacial score (nSPS) is 14.3. The van der Waals surface area contributed by atoms with Gasteiger partial charge in [0.2, 0.25) is 5.95 Å². The first kappa shape index (κ1) is 25.2. The SMILES string of the molecule is Cn1nc(-c2cc(C(F)(F)F)c(F)c(O)c2F)c2cnc(N3CCN(C(=O)Nc4ccccc4)CC3)nc21. The van der Waals surface area contributed by atoms with Crippen LogP contribution in [0.15, 0.2) is 42.6 Å². The minimum absolute atomic E-state index is 0.107. The Morgan fingerprint density at radius 1 is 1.05 bits per heavy atom. The number of benzene rings is 2. The minimum atomic E-state index is -5.17. The first-order valence-electron chi connectivity index (χ1n) is 11.4. The molecular formula is C24H20F5N7O2. The minimum Gasteiger partial charge on any atom is -0.503 e. The monoisotopic (exact) mass is 533 g/mol. The zero-order valence-corrected chi connectivity index (χ0v) is 19.8. The molecule has 3 heterocycles. The van der Waals surface area contributed by atoms with Crippen molar-refractivity contribution in [1.29, 1.82) is 0 Å². The van der Waals surface area contributed by atoms with Crippen LogP contribution in [0.25, 0.3) is 22.3 Å². The molecule has 0 spiro atoms. The van der Waals surface area contributed by atoms with E-state index >= 15 is 0 Å². The maximum Gasteiger partial charge on any atom is 0.419 e. The van der Waals surface area contributed by atoms with Crippen LogP contribution in [0.5, 0.6) is 5.75 Å². The van der Waals surface area contributed by atoms with Crippen LogP contribution in [0.3, 0.4) is 0 Å². The van der Waals surface area contributed by atoms with Gasteiger partial charge in [0.25, 0.3) is 0 Å². The quantitative estimate of drug-likeness (QED) is 0.379. The third kappa shape index (κ3) is 4.53. The standard InChI is InChI=1S/C24H20F5N7O2/c1-34-21-15(19(33-34)14-11-16(24(27,28)29)18(26)20(37)17(14)25)12-30-22(32-21)35-7-9-36(10-8-35)23(38)31-13-5-3-2-4-6-13/h2-6,11-12,37H,7-10H2,1H3,(H,31,38). The number of phenols is 1. The second kappa shape index (κ2) is 9.43. The molecule has 1 aliphatic rings. The Morgan fingerprint density at radius 3 is 2.39 bits per heavy atom. The number of nitrogens with zero attached hydrogens (tertiary/aromatic N) is 6. The first-order chi connectivity index (χ1) is 18.0. The smallest absolute Gasteiger partial charge is 0.419 e. The van der Waals surface area contributed by atoms with Crippen LogP contribution >= 0.6 is 0 Å². The molecule has 2 aromatic carbocycles.